The fourth-order valence-electron chi connectivity index (χ4n) is 3.34. The van der Waals surface area contributed by atoms with E-state index in [9.17, 15) is 39.3 Å². The Bertz CT molecular complexity index is 940. The van der Waals surface area contributed by atoms with Gasteiger partial charge in [-0.15, -0.1) is 0 Å². The number of carboxylic acids is 1. The van der Waals surface area contributed by atoms with Crippen molar-refractivity contribution in [1.29, 1.82) is 0 Å². The van der Waals surface area contributed by atoms with Crippen LogP contribution in [0.15, 0.2) is 24.3 Å². The lowest BCUT2D eigenvalue weighted by Gasteiger charge is -2.26. The number of unbranched alkanes of at least 4 members (excludes halogenated alkanes) is 1. The molecule has 1 aromatic rings. The summed E-state index contributed by atoms with van der Waals surface area (Å²) in [6.07, 6.45) is -0.939. The number of phenols is 1. The third-order valence-corrected chi connectivity index (χ3v) is 5.39. The number of nitrogens with one attached hydrogen (secondary N) is 3. The second-order valence-electron chi connectivity index (χ2n) is 8.62. The molecule has 37 heavy (non-hydrogen) atoms. The SMILES string of the molecule is CC(O)C(NC(=O)C(N)CC(N)=O)C(=O)NC(CCCCN)C(=O)NC(Cc1ccc(O)cc1)C(=O)O. The minimum absolute atomic E-state index is 0.00215. The lowest BCUT2D eigenvalue weighted by Crippen LogP contribution is -2.60. The lowest BCUT2D eigenvalue weighted by molar-refractivity contribution is -0.142. The predicted octanol–water partition coefficient (Wildman–Crippen LogP) is -2.81. The fraction of sp³-hybridized carbons (Fsp3) is 0.522. The standard InChI is InChI=1S/C23H36N6O8/c1-12(30)19(29-20(33)15(25)11-18(26)32)22(35)27-16(4-2-3-9-24)21(34)28-17(23(36)37)10-13-5-7-14(31)8-6-13/h5-8,12,15-17,19,30-31H,2-4,9-11,24-25H2,1H3,(H2,26,32)(H,27,35)(H,28,34)(H,29,33)(H,36,37). The van der Waals surface area contributed by atoms with Crippen molar-refractivity contribution in [3.8, 4) is 5.75 Å². The Morgan fingerprint density at radius 2 is 1.51 bits per heavy atom. The molecule has 0 aliphatic carbocycles. The number of aliphatic hydroxyl groups excluding tert-OH is 1. The number of carboxylic acid groups (broad SMARTS) is 1. The molecule has 1 aromatic carbocycles. The summed E-state index contributed by atoms with van der Waals surface area (Å²) in [5.74, 6) is -4.78. The summed E-state index contributed by atoms with van der Waals surface area (Å²) in [6.45, 7) is 1.55. The smallest absolute Gasteiger partial charge is 0.326 e. The first-order chi connectivity index (χ1) is 17.3. The quantitative estimate of drug-likeness (QED) is 0.100. The van der Waals surface area contributed by atoms with E-state index in [4.69, 9.17) is 17.2 Å². The number of phenolic OH excluding ortho intramolecular Hbond substituents is 1. The van der Waals surface area contributed by atoms with Crippen LogP contribution in [0.4, 0.5) is 0 Å². The predicted molar refractivity (Wildman–Crippen MR) is 132 cm³/mol. The average molecular weight is 525 g/mol. The van der Waals surface area contributed by atoms with Gasteiger partial charge in [0.05, 0.1) is 18.6 Å². The molecular weight excluding hydrogens is 488 g/mol. The highest BCUT2D eigenvalue weighted by atomic mass is 16.4. The number of carbonyl (C=O) groups excluding carboxylic acids is 4. The van der Waals surface area contributed by atoms with Crippen LogP contribution in [0.3, 0.4) is 0 Å². The molecule has 0 aliphatic rings. The number of amides is 4. The molecule has 0 spiro atoms. The first kappa shape index (κ1) is 31.3. The molecule has 0 bridgehead atoms. The molecule has 0 saturated carbocycles. The molecule has 4 amide bonds. The number of aromatic hydroxyl groups is 1. The zero-order valence-corrected chi connectivity index (χ0v) is 20.6. The maximum absolute atomic E-state index is 13.0. The van der Waals surface area contributed by atoms with E-state index in [1.807, 2.05) is 0 Å². The number of carbonyl (C=O) groups is 5. The Labute approximate surface area is 213 Å². The van der Waals surface area contributed by atoms with E-state index >= 15 is 0 Å². The van der Waals surface area contributed by atoms with Crippen molar-refractivity contribution in [2.24, 2.45) is 17.2 Å². The molecule has 5 atom stereocenters. The molecule has 206 valence electrons. The number of benzene rings is 1. The van der Waals surface area contributed by atoms with Crippen LogP contribution in [-0.2, 0) is 30.4 Å². The van der Waals surface area contributed by atoms with Crippen LogP contribution in [0.25, 0.3) is 0 Å². The highest BCUT2D eigenvalue weighted by Gasteiger charge is 2.32. The second-order valence-corrected chi connectivity index (χ2v) is 8.62. The number of hydrogen-bond acceptors (Lipinski definition) is 9. The topological polar surface area (TPSA) is 260 Å². The third-order valence-electron chi connectivity index (χ3n) is 5.39. The summed E-state index contributed by atoms with van der Waals surface area (Å²) in [6, 6.07) is 0.350. The number of aliphatic carboxylic acids is 1. The van der Waals surface area contributed by atoms with Crippen molar-refractivity contribution >= 4 is 29.6 Å². The van der Waals surface area contributed by atoms with Crippen molar-refractivity contribution in [3.63, 3.8) is 0 Å². The first-order valence-corrected chi connectivity index (χ1v) is 11.7. The Morgan fingerprint density at radius 1 is 0.919 bits per heavy atom. The van der Waals surface area contributed by atoms with Gasteiger partial charge >= 0.3 is 5.97 Å². The summed E-state index contributed by atoms with van der Waals surface area (Å²) in [5.41, 5.74) is 16.6. The van der Waals surface area contributed by atoms with Crippen LogP contribution in [0.2, 0.25) is 0 Å². The average Bonchev–Trinajstić information content (AvgIpc) is 2.81. The zero-order chi connectivity index (χ0) is 28.1. The van der Waals surface area contributed by atoms with Crippen LogP contribution in [-0.4, -0.2) is 81.7 Å². The normalized spacial score (nSPS) is 14.9. The van der Waals surface area contributed by atoms with E-state index in [0.29, 0.717) is 24.9 Å². The van der Waals surface area contributed by atoms with Gasteiger partial charge in [0.15, 0.2) is 0 Å². The molecule has 0 aromatic heterocycles. The van der Waals surface area contributed by atoms with Crippen LogP contribution in [0.5, 0.6) is 5.75 Å². The summed E-state index contributed by atoms with van der Waals surface area (Å²) < 4.78 is 0. The Kier molecular flexibility index (Phi) is 13.0. The van der Waals surface area contributed by atoms with Gasteiger partial charge in [-0.25, -0.2) is 4.79 Å². The maximum atomic E-state index is 13.0. The van der Waals surface area contributed by atoms with E-state index in [2.05, 4.69) is 16.0 Å². The van der Waals surface area contributed by atoms with Crippen molar-refractivity contribution in [2.75, 3.05) is 6.54 Å². The second kappa shape index (κ2) is 15.4. The van der Waals surface area contributed by atoms with E-state index in [-0.39, 0.29) is 18.6 Å². The monoisotopic (exact) mass is 524 g/mol. The number of aliphatic hydroxyl groups is 1. The van der Waals surface area contributed by atoms with E-state index in [0.717, 1.165) is 0 Å². The molecule has 0 fully saturated rings. The molecule has 1 rings (SSSR count). The van der Waals surface area contributed by atoms with Gasteiger partial charge in [0.25, 0.3) is 0 Å². The first-order valence-electron chi connectivity index (χ1n) is 11.7. The lowest BCUT2D eigenvalue weighted by atomic mass is 10.0. The molecule has 5 unspecified atom stereocenters. The van der Waals surface area contributed by atoms with Crippen molar-refractivity contribution in [1.82, 2.24) is 16.0 Å². The molecule has 14 heteroatoms. The van der Waals surface area contributed by atoms with Gasteiger partial charge in [0.2, 0.25) is 23.6 Å². The number of rotatable bonds is 16. The van der Waals surface area contributed by atoms with Crippen LogP contribution in [0, 0.1) is 0 Å². The summed E-state index contributed by atoms with van der Waals surface area (Å²) in [7, 11) is 0. The van der Waals surface area contributed by atoms with E-state index in [1.54, 1.807) is 0 Å². The van der Waals surface area contributed by atoms with E-state index < -0.39 is 66.3 Å². The fourth-order valence-corrected chi connectivity index (χ4v) is 3.34. The molecule has 0 radical (unpaired) electrons. The summed E-state index contributed by atoms with van der Waals surface area (Å²) >= 11 is 0. The van der Waals surface area contributed by atoms with Gasteiger partial charge in [-0.1, -0.05) is 12.1 Å². The molecule has 0 heterocycles. The molecule has 14 nitrogen and oxygen atoms in total. The van der Waals surface area contributed by atoms with Crippen molar-refractivity contribution < 1.29 is 39.3 Å². The summed E-state index contributed by atoms with van der Waals surface area (Å²) in [5, 5.41) is 36.1. The highest BCUT2D eigenvalue weighted by molar-refractivity contribution is 5.95. The van der Waals surface area contributed by atoms with Gasteiger partial charge in [0, 0.05) is 6.42 Å². The maximum Gasteiger partial charge on any atom is 0.326 e. The molecular formula is C23H36N6O8. The molecule has 0 saturated heterocycles. The van der Waals surface area contributed by atoms with Gasteiger partial charge < -0.3 is 48.5 Å². The van der Waals surface area contributed by atoms with Gasteiger partial charge in [-0.05, 0) is 50.4 Å². The Hall–Kier alpha value is -3.75. The van der Waals surface area contributed by atoms with Crippen molar-refractivity contribution in [2.45, 2.75) is 69.3 Å². The minimum atomic E-state index is -1.52. The van der Waals surface area contributed by atoms with Crippen LogP contribution in [0.1, 0.15) is 38.2 Å². The highest BCUT2D eigenvalue weighted by Crippen LogP contribution is 2.12. The van der Waals surface area contributed by atoms with Gasteiger partial charge in [-0.2, -0.15) is 0 Å². The molecule has 12 N–H and O–H groups in total. The van der Waals surface area contributed by atoms with Crippen LogP contribution < -0.4 is 33.2 Å². The Balaban J connectivity index is 3.00. The Morgan fingerprint density at radius 3 is 2.03 bits per heavy atom. The minimum Gasteiger partial charge on any atom is -0.508 e. The number of primary amides is 1. The van der Waals surface area contributed by atoms with E-state index in [1.165, 1.54) is 31.2 Å². The van der Waals surface area contributed by atoms with Crippen molar-refractivity contribution in [3.05, 3.63) is 29.8 Å². The largest absolute Gasteiger partial charge is 0.508 e. The summed E-state index contributed by atoms with van der Waals surface area (Å²) in [4.78, 5) is 60.9. The van der Waals surface area contributed by atoms with Crippen LogP contribution >= 0.6 is 0 Å². The zero-order valence-electron chi connectivity index (χ0n) is 20.6. The number of hydrogen-bond donors (Lipinski definition) is 9. The van der Waals surface area contributed by atoms with Gasteiger partial charge in [-0.3, -0.25) is 19.2 Å². The van der Waals surface area contributed by atoms with Gasteiger partial charge in [0.1, 0.15) is 23.9 Å². The molecule has 0 aliphatic heterocycles. The number of nitrogens with two attached hydrogens (primary N) is 3. The third kappa shape index (κ3) is 11.2.